The molecule has 10 N–H and O–H groups in total. The number of rotatable bonds is 9. The predicted octanol–water partition coefficient (Wildman–Crippen LogP) is -0.734. The summed E-state index contributed by atoms with van der Waals surface area (Å²) < 4.78 is 49.0. The third-order valence-corrected chi connectivity index (χ3v) is 18.3. The lowest BCUT2D eigenvalue weighted by atomic mass is 9.44. The maximum Gasteiger partial charge on any atom is 0.187 e. The van der Waals surface area contributed by atoms with E-state index in [4.69, 9.17) is 37.9 Å². The average molecular weight is 903 g/mol. The van der Waals surface area contributed by atoms with Gasteiger partial charge in [-0.15, -0.1) is 0 Å². The molecule has 18 nitrogen and oxygen atoms in total. The molecule has 0 radical (unpaired) electrons. The van der Waals surface area contributed by atoms with Crippen LogP contribution < -0.4 is 0 Å². The van der Waals surface area contributed by atoms with Crippen molar-refractivity contribution in [3.63, 3.8) is 0 Å². The molecule has 0 bridgehead atoms. The van der Waals surface area contributed by atoms with Crippen LogP contribution in [0.3, 0.4) is 0 Å². The highest BCUT2D eigenvalue weighted by Crippen LogP contribution is 2.71. The van der Waals surface area contributed by atoms with Crippen LogP contribution in [0.1, 0.15) is 91.9 Å². The third kappa shape index (κ3) is 7.88. The first-order chi connectivity index (χ1) is 30.0. The van der Waals surface area contributed by atoms with Crippen molar-refractivity contribution in [1.82, 2.24) is 0 Å². The molecule has 27 atom stereocenters. The topological polar surface area (TPSA) is 276 Å². The molecule has 5 aliphatic heterocycles. The maximum absolute atomic E-state index is 11.5. The van der Waals surface area contributed by atoms with Crippen LogP contribution in [0.4, 0.5) is 0 Å². The summed E-state index contributed by atoms with van der Waals surface area (Å²) in [6.45, 7) is 8.23. The van der Waals surface area contributed by atoms with Gasteiger partial charge in [0.05, 0.1) is 38.6 Å². The van der Waals surface area contributed by atoms with Crippen LogP contribution in [0.15, 0.2) is 0 Å². The summed E-state index contributed by atoms with van der Waals surface area (Å²) in [5, 5.41) is 106. The van der Waals surface area contributed by atoms with E-state index in [9.17, 15) is 51.1 Å². The highest BCUT2D eigenvalue weighted by molar-refractivity contribution is 5.15. The molecule has 0 aromatic rings. The summed E-state index contributed by atoms with van der Waals surface area (Å²) in [7, 11) is 0. The second kappa shape index (κ2) is 18.0. The first kappa shape index (κ1) is 47.4. The van der Waals surface area contributed by atoms with Crippen LogP contribution >= 0.6 is 0 Å². The van der Waals surface area contributed by atoms with Gasteiger partial charge in [0, 0.05) is 12.3 Å². The summed E-state index contributed by atoms with van der Waals surface area (Å²) in [6, 6.07) is 0. The summed E-state index contributed by atoms with van der Waals surface area (Å²) in [5.41, 5.74) is 0.364. The van der Waals surface area contributed by atoms with Gasteiger partial charge in [0.2, 0.25) is 0 Å². The number of hydrogen-bond acceptors (Lipinski definition) is 18. The molecule has 4 aliphatic carbocycles. The molecule has 9 fully saturated rings. The Morgan fingerprint density at radius 1 is 0.556 bits per heavy atom. The fraction of sp³-hybridized carbons (Fsp3) is 1.00. The van der Waals surface area contributed by atoms with Gasteiger partial charge in [0.25, 0.3) is 0 Å². The molecule has 9 aliphatic rings. The smallest absolute Gasteiger partial charge is 0.187 e. The van der Waals surface area contributed by atoms with E-state index in [0.717, 1.165) is 58.0 Å². The van der Waals surface area contributed by atoms with E-state index >= 15 is 0 Å². The fourth-order valence-electron chi connectivity index (χ4n) is 14.7. The first-order valence-electron chi connectivity index (χ1n) is 23.8. The SMILES string of the molecule is C[C@H]1CC[C@@]2(OC1)O[C@H]1C[C@H]3[C@@H]4CC[C@@H]5C[C@@H](O[C@@H]6O[C@H](CO)[C@H](O[C@@H]7O[C@H](CO)[C@@H](O)[C@H](O)[C@H]7O[C@@H]7O[C@H](CO)[C@@H](O)[C@H](O)[C@H]7O)[C@H](O)[C@H]6O)CC[C@]5(C)[C@H]4CC[C@]3(C)[C@H]1[C@@H]2C. The van der Waals surface area contributed by atoms with Crippen LogP contribution in [0.5, 0.6) is 0 Å². The largest absolute Gasteiger partial charge is 0.394 e. The molecule has 5 heterocycles. The number of ether oxygens (including phenoxy) is 8. The lowest BCUT2D eigenvalue weighted by molar-refractivity contribution is -0.390. The molecule has 362 valence electrons. The molecule has 18 heteroatoms. The van der Waals surface area contributed by atoms with Gasteiger partial charge in [-0.1, -0.05) is 27.7 Å². The fourth-order valence-corrected chi connectivity index (χ4v) is 14.7. The summed E-state index contributed by atoms with van der Waals surface area (Å²) >= 11 is 0. The maximum atomic E-state index is 11.5. The van der Waals surface area contributed by atoms with Crippen molar-refractivity contribution in [3.8, 4) is 0 Å². The Hall–Kier alpha value is -0.720. The van der Waals surface area contributed by atoms with E-state index in [-0.39, 0.29) is 23.0 Å². The Balaban J connectivity index is 0.833. The van der Waals surface area contributed by atoms with Gasteiger partial charge in [-0.3, -0.25) is 0 Å². The number of hydrogen-bond donors (Lipinski definition) is 10. The highest BCUT2D eigenvalue weighted by Gasteiger charge is 2.69. The zero-order valence-electron chi connectivity index (χ0n) is 37.0. The van der Waals surface area contributed by atoms with Crippen molar-refractivity contribution in [2.75, 3.05) is 26.4 Å². The number of fused-ring (bicyclic) bond motifs is 7. The zero-order valence-corrected chi connectivity index (χ0v) is 37.0. The van der Waals surface area contributed by atoms with Crippen LogP contribution in [-0.4, -0.2) is 188 Å². The Kier molecular flexibility index (Phi) is 13.5. The van der Waals surface area contributed by atoms with Gasteiger partial charge >= 0.3 is 0 Å². The van der Waals surface area contributed by atoms with Crippen molar-refractivity contribution in [1.29, 1.82) is 0 Å². The van der Waals surface area contributed by atoms with Crippen LogP contribution in [-0.2, 0) is 37.9 Å². The van der Waals surface area contributed by atoms with Crippen LogP contribution in [0.25, 0.3) is 0 Å². The minimum Gasteiger partial charge on any atom is -0.394 e. The predicted molar refractivity (Wildman–Crippen MR) is 216 cm³/mol. The van der Waals surface area contributed by atoms with Gasteiger partial charge in [0.1, 0.15) is 73.2 Å². The average Bonchev–Trinajstić information content (AvgIpc) is 3.72. The second-order valence-electron chi connectivity index (χ2n) is 21.5. The van der Waals surface area contributed by atoms with Crippen molar-refractivity contribution < 1.29 is 89.0 Å². The molecule has 1 spiro atoms. The summed E-state index contributed by atoms with van der Waals surface area (Å²) in [6.07, 6.45) is -14.2. The van der Waals surface area contributed by atoms with Crippen molar-refractivity contribution >= 4 is 0 Å². The van der Waals surface area contributed by atoms with Crippen molar-refractivity contribution in [3.05, 3.63) is 0 Å². The summed E-state index contributed by atoms with van der Waals surface area (Å²) in [4.78, 5) is 0. The molecule has 63 heavy (non-hydrogen) atoms. The minimum atomic E-state index is -1.89. The van der Waals surface area contributed by atoms with Crippen LogP contribution in [0, 0.1) is 52.3 Å². The molecule has 4 saturated carbocycles. The zero-order chi connectivity index (χ0) is 44.9. The lowest BCUT2D eigenvalue weighted by Crippen LogP contribution is -2.67. The third-order valence-electron chi connectivity index (χ3n) is 18.3. The Labute approximate surface area is 369 Å². The molecule has 9 rings (SSSR count). The van der Waals surface area contributed by atoms with Gasteiger partial charge in [0.15, 0.2) is 24.7 Å². The van der Waals surface area contributed by atoms with E-state index in [2.05, 4.69) is 27.7 Å². The molecular weight excluding hydrogens is 828 g/mol. The molecule has 0 amide bonds. The van der Waals surface area contributed by atoms with E-state index < -0.39 is 118 Å². The molecular formula is C45H74O18. The minimum absolute atomic E-state index is 0.134. The van der Waals surface area contributed by atoms with Crippen LogP contribution in [0.2, 0.25) is 0 Å². The molecule has 0 unspecified atom stereocenters. The van der Waals surface area contributed by atoms with E-state index in [1.54, 1.807) is 0 Å². The monoisotopic (exact) mass is 902 g/mol. The van der Waals surface area contributed by atoms with Gasteiger partial charge < -0.3 is 89.0 Å². The Bertz CT molecular complexity index is 1570. The van der Waals surface area contributed by atoms with E-state index in [0.29, 0.717) is 41.4 Å². The lowest BCUT2D eigenvalue weighted by Gasteiger charge is -2.61. The van der Waals surface area contributed by atoms with E-state index in [1.165, 1.54) is 12.8 Å². The standard InChI is InChI=1S/C45H74O18/c1-19-7-12-45(56-18-19)20(2)30-26(63-45)14-25-23-6-5-21-13-22(8-10-43(21,3)24(23)9-11-44(25,30)4)57-40-37(55)35(53)38(29(17-48)60-40)61-42-39(34(52)32(50)28(16-47)59-42)62-41-36(54)33(51)31(49)27(15-46)58-41/h19-42,46-55H,5-18H2,1-4H3/t19-,20-,21+,22-,23+,24-,25-,26-,27+,28+,29+,30-,31+,32+,33-,34-,35+,36+,37+,38-,39+,40+,41-,42-,43-,44-,45+/m0/s1. The Morgan fingerprint density at radius 3 is 1.84 bits per heavy atom. The summed E-state index contributed by atoms with van der Waals surface area (Å²) in [5.74, 6) is 3.29. The van der Waals surface area contributed by atoms with Gasteiger partial charge in [-0.2, -0.15) is 0 Å². The van der Waals surface area contributed by atoms with Gasteiger partial charge in [-0.05, 0) is 104 Å². The quantitative estimate of drug-likeness (QED) is 0.128. The molecule has 0 aromatic carbocycles. The van der Waals surface area contributed by atoms with Crippen molar-refractivity contribution in [2.45, 2.75) is 202 Å². The number of aliphatic hydroxyl groups is 10. The normalized spacial score (nSPS) is 58.2. The number of aliphatic hydroxyl groups excluding tert-OH is 10. The van der Waals surface area contributed by atoms with E-state index in [1.807, 2.05) is 0 Å². The highest BCUT2D eigenvalue weighted by atomic mass is 16.8. The van der Waals surface area contributed by atoms with Gasteiger partial charge in [-0.25, -0.2) is 0 Å². The Morgan fingerprint density at radius 2 is 1.16 bits per heavy atom. The molecule has 0 aromatic heterocycles. The molecule has 5 saturated heterocycles. The second-order valence-corrected chi connectivity index (χ2v) is 21.5. The first-order valence-corrected chi connectivity index (χ1v) is 23.8. The van der Waals surface area contributed by atoms with Crippen molar-refractivity contribution in [2.24, 2.45) is 52.3 Å².